The molecule has 0 bridgehead atoms. The quantitative estimate of drug-likeness (QED) is 0.848. The molecule has 0 aliphatic carbocycles. The molecule has 0 saturated heterocycles. The second-order valence-corrected chi connectivity index (χ2v) is 5.01. The third kappa shape index (κ3) is 4.00. The average molecular weight is 244 g/mol. The highest BCUT2D eigenvalue weighted by Gasteiger charge is 1.99. The Labute approximate surface area is 108 Å². The van der Waals surface area contributed by atoms with Gasteiger partial charge in [-0.3, -0.25) is 0 Å². The Balaban J connectivity index is 1.79. The van der Waals surface area contributed by atoms with Crippen molar-refractivity contribution in [3.63, 3.8) is 0 Å². The van der Waals surface area contributed by atoms with Gasteiger partial charge in [-0.15, -0.1) is 0 Å². The zero-order valence-electron chi connectivity index (χ0n) is 11.0. The first-order chi connectivity index (χ1) is 8.74. The summed E-state index contributed by atoms with van der Waals surface area (Å²) in [6, 6.07) is 10.7. The number of aromatic nitrogens is 1. The predicted molar refractivity (Wildman–Crippen MR) is 72.0 cm³/mol. The van der Waals surface area contributed by atoms with Gasteiger partial charge in [-0.05, 0) is 23.5 Å². The first-order valence-electron chi connectivity index (χ1n) is 6.42. The number of hydrogen-bond donors (Lipinski definition) is 1. The van der Waals surface area contributed by atoms with Crippen LogP contribution < -0.4 is 5.32 Å². The topological polar surface area (TPSA) is 38.1 Å². The van der Waals surface area contributed by atoms with E-state index in [2.05, 4.69) is 48.6 Å². The van der Waals surface area contributed by atoms with Crippen LogP contribution in [-0.4, -0.2) is 5.16 Å². The highest BCUT2D eigenvalue weighted by Crippen LogP contribution is 2.09. The van der Waals surface area contributed by atoms with E-state index in [9.17, 15) is 0 Å². The minimum atomic E-state index is 0.709. The molecular weight excluding hydrogens is 224 g/mol. The standard InChI is InChI=1S/C15H20N2O/c1-12(2)9-13-3-5-14(6-4-13)10-16-11-15-7-8-18-17-15/h3-8,12,16H,9-11H2,1-2H3. The molecule has 0 aliphatic rings. The first kappa shape index (κ1) is 12.8. The summed E-state index contributed by atoms with van der Waals surface area (Å²) in [5, 5.41) is 7.20. The number of nitrogens with one attached hydrogen (secondary N) is 1. The van der Waals surface area contributed by atoms with Gasteiger partial charge in [-0.1, -0.05) is 43.3 Å². The van der Waals surface area contributed by atoms with Gasteiger partial charge in [-0.2, -0.15) is 0 Å². The highest BCUT2D eigenvalue weighted by atomic mass is 16.5. The second-order valence-electron chi connectivity index (χ2n) is 5.01. The monoisotopic (exact) mass is 244 g/mol. The molecule has 1 aromatic heterocycles. The SMILES string of the molecule is CC(C)Cc1ccc(CNCc2ccon2)cc1. The lowest BCUT2D eigenvalue weighted by Gasteiger charge is -2.07. The van der Waals surface area contributed by atoms with E-state index in [0.29, 0.717) is 5.92 Å². The van der Waals surface area contributed by atoms with Crippen LogP contribution >= 0.6 is 0 Å². The number of nitrogens with zero attached hydrogens (tertiary/aromatic N) is 1. The van der Waals surface area contributed by atoms with E-state index in [1.165, 1.54) is 11.1 Å². The van der Waals surface area contributed by atoms with E-state index in [-0.39, 0.29) is 0 Å². The van der Waals surface area contributed by atoms with Crippen LogP contribution in [0.25, 0.3) is 0 Å². The molecule has 1 aromatic carbocycles. The van der Waals surface area contributed by atoms with Crippen LogP contribution in [0.1, 0.15) is 30.7 Å². The summed E-state index contributed by atoms with van der Waals surface area (Å²) in [7, 11) is 0. The average Bonchev–Trinajstić information content (AvgIpc) is 2.84. The Morgan fingerprint density at radius 3 is 2.39 bits per heavy atom. The van der Waals surface area contributed by atoms with E-state index in [1.807, 2.05) is 6.07 Å². The largest absolute Gasteiger partial charge is 0.364 e. The van der Waals surface area contributed by atoms with Crippen LogP contribution in [0, 0.1) is 5.92 Å². The van der Waals surface area contributed by atoms with Gasteiger partial charge in [0.15, 0.2) is 0 Å². The predicted octanol–water partition coefficient (Wildman–Crippen LogP) is 3.16. The van der Waals surface area contributed by atoms with Crippen LogP contribution in [-0.2, 0) is 19.5 Å². The highest BCUT2D eigenvalue weighted by molar-refractivity contribution is 5.22. The van der Waals surface area contributed by atoms with E-state index in [0.717, 1.165) is 25.2 Å². The fourth-order valence-corrected chi connectivity index (χ4v) is 1.93. The Bertz CT molecular complexity index is 446. The van der Waals surface area contributed by atoms with Gasteiger partial charge in [0.1, 0.15) is 6.26 Å². The minimum Gasteiger partial charge on any atom is -0.364 e. The Hall–Kier alpha value is -1.61. The van der Waals surface area contributed by atoms with Gasteiger partial charge in [0.2, 0.25) is 0 Å². The second kappa shape index (κ2) is 6.36. The molecular formula is C15H20N2O. The molecule has 2 rings (SSSR count). The molecule has 0 amide bonds. The molecule has 18 heavy (non-hydrogen) atoms. The van der Waals surface area contributed by atoms with Crippen molar-refractivity contribution >= 4 is 0 Å². The van der Waals surface area contributed by atoms with Crippen molar-refractivity contribution in [2.24, 2.45) is 5.92 Å². The van der Waals surface area contributed by atoms with Crippen molar-refractivity contribution < 1.29 is 4.52 Å². The summed E-state index contributed by atoms with van der Waals surface area (Å²) in [4.78, 5) is 0. The number of hydrogen-bond acceptors (Lipinski definition) is 3. The molecule has 0 spiro atoms. The summed E-state index contributed by atoms with van der Waals surface area (Å²) in [5.41, 5.74) is 3.64. The Morgan fingerprint density at radius 2 is 1.78 bits per heavy atom. The van der Waals surface area contributed by atoms with E-state index >= 15 is 0 Å². The molecule has 2 aromatic rings. The van der Waals surface area contributed by atoms with E-state index in [4.69, 9.17) is 4.52 Å². The van der Waals surface area contributed by atoms with Crippen LogP contribution in [0.5, 0.6) is 0 Å². The maximum absolute atomic E-state index is 4.78. The van der Waals surface area contributed by atoms with Crippen LogP contribution in [0.4, 0.5) is 0 Å². The zero-order valence-corrected chi connectivity index (χ0v) is 11.0. The fraction of sp³-hybridized carbons (Fsp3) is 0.400. The lowest BCUT2D eigenvalue weighted by molar-refractivity contribution is 0.408. The summed E-state index contributed by atoms with van der Waals surface area (Å²) in [6.07, 6.45) is 2.74. The van der Waals surface area contributed by atoms with Crippen LogP contribution in [0.15, 0.2) is 41.1 Å². The van der Waals surface area contributed by atoms with Crippen LogP contribution in [0.3, 0.4) is 0 Å². The lowest BCUT2D eigenvalue weighted by Crippen LogP contribution is -2.12. The third-order valence-electron chi connectivity index (χ3n) is 2.79. The summed E-state index contributed by atoms with van der Waals surface area (Å²) in [6.45, 7) is 6.08. The summed E-state index contributed by atoms with van der Waals surface area (Å²) < 4.78 is 4.78. The van der Waals surface area contributed by atoms with Crippen molar-refractivity contribution in [2.75, 3.05) is 0 Å². The molecule has 0 fully saturated rings. The molecule has 3 nitrogen and oxygen atoms in total. The Morgan fingerprint density at radius 1 is 1.06 bits per heavy atom. The number of benzene rings is 1. The van der Waals surface area contributed by atoms with Gasteiger partial charge < -0.3 is 9.84 Å². The van der Waals surface area contributed by atoms with Crippen molar-refractivity contribution in [1.82, 2.24) is 10.5 Å². The molecule has 3 heteroatoms. The lowest BCUT2D eigenvalue weighted by atomic mass is 10.0. The molecule has 1 N–H and O–H groups in total. The summed E-state index contributed by atoms with van der Waals surface area (Å²) in [5.74, 6) is 0.709. The molecule has 0 unspecified atom stereocenters. The number of rotatable bonds is 6. The van der Waals surface area contributed by atoms with Crippen molar-refractivity contribution in [2.45, 2.75) is 33.4 Å². The molecule has 0 radical (unpaired) electrons. The Kier molecular flexibility index (Phi) is 4.53. The first-order valence-corrected chi connectivity index (χ1v) is 6.42. The normalized spacial score (nSPS) is 11.1. The zero-order chi connectivity index (χ0) is 12.8. The molecule has 0 atom stereocenters. The fourth-order valence-electron chi connectivity index (χ4n) is 1.93. The van der Waals surface area contributed by atoms with Gasteiger partial charge in [0, 0.05) is 19.2 Å². The van der Waals surface area contributed by atoms with Crippen molar-refractivity contribution in [3.05, 3.63) is 53.4 Å². The smallest absolute Gasteiger partial charge is 0.124 e. The van der Waals surface area contributed by atoms with Gasteiger partial charge in [0.25, 0.3) is 0 Å². The molecule has 1 heterocycles. The van der Waals surface area contributed by atoms with E-state index in [1.54, 1.807) is 6.26 Å². The maximum atomic E-state index is 4.78. The minimum absolute atomic E-state index is 0.709. The van der Waals surface area contributed by atoms with Gasteiger partial charge >= 0.3 is 0 Å². The van der Waals surface area contributed by atoms with Crippen molar-refractivity contribution in [3.8, 4) is 0 Å². The molecule has 0 saturated carbocycles. The molecule has 96 valence electrons. The maximum Gasteiger partial charge on any atom is 0.124 e. The van der Waals surface area contributed by atoms with Gasteiger partial charge in [0.05, 0.1) is 5.69 Å². The van der Waals surface area contributed by atoms with Crippen molar-refractivity contribution in [1.29, 1.82) is 0 Å². The summed E-state index contributed by atoms with van der Waals surface area (Å²) >= 11 is 0. The van der Waals surface area contributed by atoms with Gasteiger partial charge in [-0.25, -0.2) is 0 Å². The third-order valence-corrected chi connectivity index (χ3v) is 2.79. The van der Waals surface area contributed by atoms with Crippen LogP contribution in [0.2, 0.25) is 0 Å². The van der Waals surface area contributed by atoms with E-state index < -0.39 is 0 Å². The molecule has 0 aliphatic heterocycles.